The molecular formula is C13H13NO3. The van der Waals surface area contributed by atoms with Gasteiger partial charge in [0.15, 0.2) is 0 Å². The van der Waals surface area contributed by atoms with Gasteiger partial charge in [0, 0.05) is 5.69 Å². The van der Waals surface area contributed by atoms with E-state index in [0.29, 0.717) is 5.69 Å². The summed E-state index contributed by atoms with van der Waals surface area (Å²) in [6.07, 6.45) is 1.59. The minimum atomic E-state index is -0.945. The van der Waals surface area contributed by atoms with Crippen molar-refractivity contribution in [3.8, 4) is 0 Å². The fourth-order valence-electron chi connectivity index (χ4n) is 1.64. The van der Waals surface area contributed by atoms with Crippen LogP contribution >= 0.6 is 0 Å². The maximum atomic E-state index is 11.0. The van der Waals surface area contributed by atoms with Gasteiger partial charge in [-0.3, -0.25) is 0 Å². The highest BCUT2D eigenvalue weighted by Gasteiger charge is 2.13. The summed E-state index contributed by atoms with van der Waals surface area (Å²) in [4.78, 5) is 11.0. The van der Waals surface area contributed by atoms with Gasteiger partial charge < -0.3 is 14.8 Å². The maximum absolute atomic E-state index is 11.0. The van der Waals surface area contributed by atoms with E-state index in [4.69, 9.17) is 9.52 Å². The molecule has 4 heteroatoms. The predicted molar refractivity (Wildman–Crippen MR) is 64.1 cm³/mol. The molecule has 1 unspecified atom stereocenters. The van der Waals surface area contributed by atoms with E-state index in [-0.39, 0.29) is 11.6 Å². The number of rotatable bonds is 4. The van der Waals surface area contributed by atoms with Crippen molar-refractivity contribution in [2.45, 2.75) is 13.0 Å². The van der Waals surface area contributed by atoms with E-state index in [2.05, 4.69) is 5.32 Å². The Morgan fingerprint density at radius 1 is 1.29 bits per heavy atom. The van der Waals surface area contributed by atoms with Gasteiger partial charge >= 0.3 is 5.97 Å². The second-order valence-corrected chi connectivity index (χ2v) is 3.73. The largest absolute Gasteiger partial charge is 0.478 e. The zero-order valence-corrected chi connectivity index (χ0v) is 9.38. The lowest BCUT2D eigenvalue weighted by atomic mass is 10.1. The number of nitrogens with one attached hydrogen (secondary N) is 1. The van der Waals surface area contributed by atoms with Gasteiger partial charge in [0.25, 0.3) is 0 Å². The van der Waals surface area contributed by atoms with Crippen LogP contribution in [0.4, 0.5) is 5.69 Å². The number of furan rings is 1. The molecule has 1 atom stereocenters. The first-order chi connectivity index (χ1) is 8.18. The second kappa shape index (κ2) is 4.74. The Balaban J connectivity index is 2.21. The lowest BCUT2D eigenvalue weighted by Crippen LogP contribution is -2.09. The Bertz CT molecular complexity index is 505. The summed E-state index contributed by atoms with van der Waals surface area (Å²) in [6, 6.07) is 10.4. The summed E-state index contributed by atoms with van der Waals surface area (Å²) >= 11 is 0. The smallest absolute Gasteiger partial charge is 0.337 e. The molecule has 2 aromatic rings. The summed E-state index contributed by atoms with van der Waals surface area (Å²) in [7, 11) is 0. The van der Waals surface area contributed by atoms with Crippen LogP contribution in [0.1, 0.15) is 29.1 Å². The van der Waals surface area contributed by atoms with E-state index in [0.717, 1.165) is 5.76 Å². The average molecular weight is 231 g/mol. The molecule has 2 rings (SSSR count). The number of anilines is 1. The molecule has 0 aliphatic heterocycles. The lowest BCUT2D eigenvalue weighted by Gasteiger charge is -2.14. The summed E-state index contributed by atoms with van der Waals surface area (Å²) in [5, 5.41) is 12.2. The number of hydrogen-bond donors (Lipinski definition) is 2. The number of carboxylic acid groups (broad SMARTS) is 1. The van der Waals surface area contributed by atoms with Gasteiger partial charge in [0.2, 0.25) is 0 Å². The zero-order valence-electron chi connectivity index (χ0n) is 9.38. The van der Waals surface area contributed by atoms with Crippen molar-refractivity contribution in [1.29, 1.82) is 0 Å². The number of hydrogen-bond acceptors (Lipinski definition) is 3. The van der Waals surface area contributed by atoms with Crippen LogP contribution in [-0.4, -0.2) is 11.1 Å². The van der Waals surface area contributed by atoms with Crippen LogP contribution in [0, 0.1) is 0 Å². The lowest BCUT2D eigenvalue weighted by molar-refractivity contribution is 0.0698. The number of carbonyl (C=O) groups is 1. The first kappa shape index (κ1) is 11.3. The monoisotopic (exact) mass is 231 g/mol. The third-order valence-electron chi connectivity index (χ3n) is 2.50. The zero-order chi connectivity index (χ0) is 12.3. The summed E-state index contributed by atoms with van der Waals surface area (Å²) in [5.41, 5.74) is 0.842. The molecule has 0 bridgehead atoms. The maximum Gasteiger partial charge on any atom is 0.337 e. The molecule has 1 heterocycles. The van der Waals surface area contributed by atoms with Gasteiger partial charge in [-0.1, -0.05) is 12.1 Å². The van der Waals surface area contributed by atoms with Crippen molar-refractivity contribution >= 4 is 11.7 Å². The number of carboxylic acids is 1. The van der Waals surface area contributed by atoms with Crippen molar-refractivity contribution in [3.63, 3.8) is 0 Å². The summed E-state index contributed by atoms with van der Waals surface area (Å²) in [6.45, 7) is 1.91. The van der Waals surface area contributed by atoms with Crippen LogP contribution in [0.15, 0.2) is 47.1 Å². The molecule has 2 N–H and O–H groups in total. The molecule has 0 radical (unpaired) electrons. The Morgan fingerprint density at radius 2 is 2.06 bits per heavy atom. The van der Waals surface area contributed by atoms with Crippen LogP contribution in [0.3, 0.4) is 0 Å². The molecule has 0 amide bonds. The topological polar surface area (TPSA) is 62.5 Å². The quantitative estimate of drug-likeness (QED) is 0.848. The third-order valence-corrected chi connectivity index (χ3v) is 2.50. The van der Waals surface area contributed by atoms with E-state index in [1.807, 2.05) is 13.0 Å². The van der Waals surface area contributed by atoms with Gasteiger partial charge in [0.05, 0.1) is 17.9 Å². The molecule has 0 saturated carbocycles. The molecule has 0 aliphatic carbocycles. The van der Waals surface area contributed by atoms with E-state index in [9.17, 15) is 4.79 Å². The second-order valence-electron chi connectivity index (χ2n) is 3.73. The summed E-state index contributed by atoms with van der Waals surface area (Å²) < 4.78 is 5.26. The first-order valence-corrected chi connectivity index (χ1v) is 5.30. The van der Waals surface area contributed by atoms with Gasteiger partial charge in [-0.05, 0) is 31.2 Å². The fraction of sp³-hybridized carbons (Fsp3) is 0.154. The molecule has 1 aromatic carbocycles. The molecule has 0 fully saturated rings. The molecule has 0 spiro atoms. The van der Waals surface area contributed by atoms with Crippen molar-refractivity contribution in [2.24, 2.45) is 0 Å². The van der Waals surface area contributed by atoms with Crippen molar-refractivity contribution in [3.05, 3.63) is 54.0 Å². The van der Waals surface area contributed by atoms with E-state index in [1.54, 1.807) is 36.6 Å². The van der Waals surface area contributed by atoms with Crippen molar-refractivity contribution < 1.29 is 14.3 Å². The molecule has 1 aromatic heterocycles. The first-order valence-electron chi connectivity index (χ1n) is 5.30. The summed E-state index contributed by atoms with van der Waals surface area (Å²) in [5.74, 6) is -0.176. The third kappa shape index (κ3) is 2.47. The van der Waals surface area contributed by atoms with Crippen LogP contribution < -0.4 is 5.32 Å². The van der Waals surface area contributed by atoms with Crippen LogP contribution in [0.5, 0.6) is 0 Å². The van der Waals surface area contributed by atoms with Gasteiger partial charge in [0.1, 0.15) is 5.76 Å². The molecule has 88 valence electrons. The minimum Gasteiger partial charge on any atom is -0.478 e. The van der Waals surface area contributed by atoms with Gasteiger partial charge in [-0.2, -0.15) is 0 Å². The van der Waals surface area contributed by atoms with Gasteiger partial charge in [-0.25, -0.2) is 4.79 Å². The van der Waals surface area contributed by atoms with Crippen LogP contribution in [-0.2, 0) is 0 Å². The van der Waals surface area contributed by atoms with Crippen molar-refractivity contribution in [2.75, 3.05) is 5.32 Å². The van der Waals surface area contributed by atoms with Gasteiger partial charge in [-0.15, -0.1) is 0 Å². The van der Waals surface area contributed by atoms with Crippen LogP contribution in [0.2, 0.25) is 0 Å². The molecule has 0 saturated heterocycles. The van der Waals surface area contributed by atoms with Crippen molar-refractivity contribution in [1.82, 2.24) is 0 Å². The van der Waals surface area contributed by atoms with E-state index in [1.165, 1.54) is 0 Å². The van der Waals surface area contributed by atoms with Crippen LogP contribution in [0.25, 0.3) is 0 Å². The Morgan fingerprint density at radius 3 is 2.71 bits per heavy atom. The highest BCUT2D eigenvalue weighted by Crippen LogP contribution is 2.22. The molecular weight excluding hydrogens is 218 g/mol. The average Bonchev–Trinajstić information content (AvgIpc) is 2.83. The highest BCUT2D eigenvalue weighted by molar-refractivity contribution is 5.94. The standard InChI is InChI=1S/C13H13NO3/c1-9(12-7-4-8-17-12)14-11-6-3-2-5-10(11)13(15)16/h2-9,14H,1H3,(H,15,16). The number of benzene rings is 1. The fourth-order valence-corrected chi connectivity index (χ4v) is 1.64. The molecule has 4 nitrogen and oxygen atoms in total. The normalized spacial score (nSPS) is 12.1. The molecule has 17 heavy (non-hydrogen) atoms. The van der Waals surface area contributed by atoms with E-state index >= 15 is 0 Å². The number of para-hydroxylation sites is 1. The highest BCUT2D eigenvalue weighted by atomic mass is 16.4. The minimum absolute atomic E-state index is 0.0782. The molecule has 0 aliphatic rings. The number of aromatic carboxylic acids is 1. The SMILES string of the molecule is CC(Nc1ccccc1C(=O)O)c1ccco1. The van der Waals surface area contributed by atoms with E-state index < -0.39 is 5.97 Å². The Hall–Kier alpha value is -2.23. The Kier molecular flexibility index (Phi) is 3.14. The Labute approximate surface area is 98.9 Å². The predicted octanol–water partition coefficient (Wildman–Crippen LogP) is 3.15.